The minimum absolute atomic E-state index is 0.0539. The summed E-state index contributed by atoms with van der Waals surface area (Å²) in [5.41, 5.74) is 1.70. The largest absolute Gasteiger partial charge is 0.493 e. The van der Waals surface area contributed by atoms with E-state index < -0.39 is 24.4 Å². The molecular weight excluding hydrogens is 443 g/mol. The molecule has 2 atom stereocenters. The topological polar surface area (TPSA) is 94.2 Å². The number of carbonyl (C=O) groups excluding carboxylic acids is 3. The van der Waals surface area contributed by atoms with Gasteiger partial charge >= 0.3 is 5.97 Å². The highest BCUT2D eigenvalue weighted by Crippen LogP contribution is 2.28. The summed E-state index contributed by atoms with van der Waals surface area (Å²) >= 11 is 0. The highest BCUT2D eigenvalue weighted by atomic mass is 19.1. The summed E-state index contributed by atoms with van der Waals surface area (Å²) in [7, 11) is 3.13. The van der Waals surface area contributed by atoms with Crippen molar-refractivity contribution in [3.05, 3.63) is 59.4 Å². The van der Waals surface area contributed by atoms with Crippen molar-refractivity contribution in [3.63, 3.8) is 0 Å². The van der Waals surface area contributed by atoms with Crippen LogP contribution in [0.1, 0.15) is 30.5 Å². The van der Waals surface area contributed by atoms with Crippen LogP contribution in [0.4, 0.5) is 4.39 Å². The molecule has 2 aromatic rings. The lowest BCUT2D eigenvalue weighted by molar-refractivity contribution is -0.152. The zero-order chi connectivity index (χ0) is 24.7. The first-order valence-electron chi connectivity index (χ1n) is 11.0. The first-order valence-corrected chi connectivity index (χ1v) is 11.0. The maximum Gasteiger partial charge on any atom is 0.311 e. The molecule has 1 N–H and O–H groups in total. The van der Waals surface area contributed by atoms with Crippen molar-refractivity contribution >= 4 is 17.8 Å². The molecule has 1 fully saturated rings. The Morgan fingerprint density at radius 3 is 2.50 bits per heavy atom. The molecule has 182 valence electrons. The van der Waals surface area contributed by atoms with Crippen LogP contribution < -0.4 is 14.8 Å². The van der Waals surface area contributed by atoms with E-state index >= 15 is 0 Å². The molecule has 1 aliphatic heterocycles. The number of nitrogens with one attached hydrogen (secondary N) is 1. The number of ether oxygens (including phenoxy) is 3. The van der Waals surface area contributed by atoms with Crippen molar-refractivity contribution in [2.24, 2.45) is 5.92 Å². The zero-order valence-corrected chi connectivity index (χ0v) is 19.5. The highest BCUT2D eigenvalue weighted by Gasteiger charge is 2.35. The van der Waals surface area contributed by atoms with E-state index in [1.807, 2.05) is 18.2 Å². The average Bonchev–Trinajstić information content (AvgIpc) is 3.21. The smallest absolute Gasteiger partial charge is 0.311 e. The van der Waals surface area contributed by atoms with Crippen LogP contribution in [0.25, 0.3) is 0 Å². The molecular formula is C25H29FN2O6. The summed E-state index contributed by atoms with van der Waals surface area (Å²) in [6, 6.07) is 11.0. The van der Waals surface area contributed by atoms with Crippen molar-refractivity contribution in [2.75, 3.05) is 33.9 Å². The second-order valence-electron chi connectivity index (χ2n) is 8.13. The van der Waals surface area contributed by atoms with Gasteiger partial charge in [0.25, 0.3) is 5.91 Å². The Bertz CT molecular complexity index is 1030. The summed E-state index contributed by atoms with van der Waals surface area (Å²) in [5, 5.41) is 2.70. The van der Waals surface area contributed by atoms with Gasteiger partial charge in [-0.15, -0.1) is 0 Å². The maximum absolute atomic E-state index is 13.0. The monoisotopic (exact) mass is 472 g/mol. The van der Waals surface area contributed by atoms with Crippen LogP contribution in [-0.2, 0) is 25.5 Å². The number of methoxy groups -OCH3 is 2. The van der Waals surface area contributed by atoms with Gasteiger partial charge in [-0.05, 0) is 48.7 Å². The number of hydrogen-bond acceptors (Lipinski definition) is 6. The highest BCUT2D eigenvalue weighted by molar-refractivity contribution is 5.88. The van der Waals surface area contributed by atoms with Gasteiger partial charge in [0, 0.05) is 19.5 Å². The van der Waals surface area contributed by atoms with Crippen molar-refractivity contribution in [3.8, 4) is 11.5 Å². The van der Waals surface area contributed by atoms with Gasteiger partial charge in [-0.2, -0.15) is 0 Å². The van der Waals surface area contributed by atoms with Crippen molar-refractivity contribution in [1.29, 1.82) is 0 Å². The lowest BCUT2D eigenvalue weighted by atomic mass is 10.1. The number of hydrogen-bond donors (Lipinski definition) is 1. The molecule has 34 heavy (non-hydrogen) atoms. The van der Waals surface area contributed by atoms with Gasteiger partial charge in [0.15, 0.2) is 18.1 Å². The number of likely N-dealkylation sites (tertiary alicyclic amines) is 1. The standard InChI is InChI=1S/C25H29FN2O6/c1-16(18-5-7-20(26)8-6-18)27-23(29)15-34-25(31)19-13-24(30)28(14-19)11-10-17-4-9-21(32-2)22(12-17)33-3/h4-9,12,16,19H,10-11,13-15H2,1-3H3,(H,27,29)/t16-,19-/m1/s1. The summed E-state index contributed by atoms with van der Waals surface area (Å²) in [4.78, 5) is 38.5. The minimum atomic E-state index is -0.611. The van der Waals surface area contributed by atoms with E-state index in [0.29, 0.717) is 24.5 Å². The Morgan fingerprint density at radius 1 is 1.12 bits per heavy atom. The third-order valence-electron chi connectivity index (χ3n) is 5.76. The van der Waals surface area contributed by atoms with Gasteiger partial charge in [0.1, 0.15) is 5.82 Å². The Kier molecular flexibility index (Phi) is 8.45. The Balaban J connectivity index is 1.44. The van der Waals surface area contributed by atoms with E-state index in [9.17, 15) is 18.8 Å². The normalized spacial score (nSPS) is 16.2. The van der Waals surface area contributed by atoms with Crippen molar-refractivity contribution in [2.45, 2.75) is 25.8 Å². The fraction of sp³-hybridized carbons (Fsp3) is 0.400. The van der Waals surface area contributed by atoms with Crippen molar-refractivity contribution < 1.29 is 33.0 Å². The summed E-state index contributed by atoms with van der Waals surface area (Å²) in [6.07, 6.45) is 0.649. The van der Waals surface area contributed by atoms with Crippen LogP contribution >= 0.6 is 0 Å². The molecule has 1 aliphatic rings. The number of carbonyl (C=O) groups is 3. The lowest BCUT2D eigenvalue weighted by Crippen LogP contribution is -2.33. The molecule has 1 saturated heterocycles. The van der Waals surface area contributed by atoms with Crippen molar-refractivity contribution in [1.82, 2.24) is 10.2 Å². The van der Waals surface area contributed by atoms with E-state index in [1.54, 1.807) is 38.2 Å². The van der Waals surface area contributed by atoms with Crippen LogP contribution in [0, 0.1) is 11.7 Å². The molecule has 0 spiro atoms. The number of benzene rings is 2. The van der Waals surface area contributed by atoms with Crippen LogP contribution in [0.5, 0.6) is 11.5 Å². The maximum atomic E-state index is 13.0. The van der Waals surface area contributed by atoms with Crippen LogP contribution in [0.15, 0.2) is 42.5 Å². The van der Waals surface area contributed by atoms with E-state index in [2.05, 4.69) is 5.32 Å². The molecule has 0 bridgehead atoms. The van der Waals surface area contributed by atoms with Gasteiger partial charge in [-0.1, -0.05) is 18.2 Å². The molecule has 1 heterocycles. The molecule has 8 nitrogen and oxygen atoms in total. The molecule has 2 aromatic carbocycles. The van der Waals surface area contributed by atoms with Crippen LogP contribution in [0.2, 0.25) is 0 Å². The molecule has 0 aromatic heterocycles. The SMILES string of the molecule is COc1ccc(CCN2C[C@H](C(=O)OCC(=O)N[C@H](C)c3ccc(F)cc3)CC2=O)cc1OC. The Morgan fingerprint density at radius 2 is 1.82 bits per heavy atom. The number of halogens is 1. The van der Waals surface area contributed by atoms with Crippen LogP contribution in [0.3, 0.4) is 0 Å². The molecule has 0 aliphatic carbocycles. The Labute approximate surface area is 198 Å². The Hall–Kier alpha value is -3.62. The van der Waals surface area contributed by atoms with Gasteiger partial charge in [-0.25, -0.2) is 4.39 Å². The van der Waals surface area contributed by atoms with Gasteiger partial charge in [0.2, 0.25) is 5.91 Å². The predicted molar refractivity (Wildman–Crippen MR) is 122 cm³/mol. The minimum Gasteiger partial charge on any atom is -0.493 e. The van der Waals surface area contributed by atoms with E-state index in [-0.39, 0.29) is 30.7 Å². The zero-order valence-electron chi connectivity index (χ0n) is 19.5. The van der Waals surface area contributed by atoms with E-state index in [1.165, 1.54) is 12.1 Å². The van der Waals surface area contributed by atoms with Gasteiger partial charge in [-0.3, -0.25) is 14.4 Å². The second-order valence-corrected chi connectivity index (χ2v) is 8.13. The fourth-order valence-corrected chi connectivity index (χ4v) is 3.82. The molecule has 2 amide bonds. The molecule has 9 heteroatoms. The summed E-state index contributed by atoms with van der Waals surface area (Å²) < 4.78 is 28.7. The first kappa shape index (κ1) is 25.0. The fourth-order valence-electron chi connectivity index (χ4n) is 3.82. The predicted octanol–water partition coefficient (Wildman–Crippen LogP) is 2.65. The quantitative estimate of drug-likeness (QED) is 0.535. The number of rotatable bonds is 10. The first-order chi connectivity index (χ1) is 16.3. The molecule has 3 rings (SSSR count). The molecule has 0 unspecified atom stereocenters. The number of nitrogens with zero attached hydrogens (tertiary/aromatic N) is 1. The average molecular weight is 473 g/mol. The lowest BCUT2D eigenvalue weighted by Gasteiger charge is -2.17. The second kappa shape index (κ2) is 11.5. The third-order valence-corrected chi connectivity index (χ3v) is 5.76. The summed E-state index contributed by atoms with van der Waals surface area (Å²) in [6.45, 7) is 2.01. The molecule has 0 saturated carbocycles. The molecule has 0 radical (unpaired) electrons. The summed E-state index contributed by atoms with van der Waals surface area (Å²) in [5.74, 6) is -0.910. The van der Waals surface area contributed by atoms with E-state index in [0.717, 1.165) is 11.1 Å². The third kappa shape index (κ3) is 6.46. The van der Waals surface area contributed by atoms with Crippen LogP contribution in [-0.4, -0.2) is 56.6 Å². The van der Waals surface area contributed by atoms with E-state index in [4.69, 9.17) is 14.2 Å². The van der Waals surface area contributed by atoms with Gasteiger partial charge < -0.3 is 24.4 Å². The van der Waals surface area contributed by atoms with Gasteiger partial charge in [0.05, 0.1) is 26.2 Å². The number of amides is 2. The number of esters is 1.